The van der Waals surface area contributed by atoms with Crippen molar-refractivity contribution in [3.63, 3.8) is 0 Å². The van der Waals surface area contributed by atoms with Crippen LogP contribution in [0.1, 0.15) is 24.4 Å². The molecule has 0 unspecified atom stereocenters. The van der Waals surface area contributed by atoms with Crippen LogP contribution in [-0.2, 0) is 4.79 Å². The van der Waals surface area contributed by atoms with E-state index in [4.69, 9.17) is 10.2 Å². The molecule has 0 saturated carbocycles. The summed E-state index contributed by atoms with van der Waals surface area (Å²) in [6, 6.07) is 3.35. The molecule has 0 aliphatic heterocycles. The first-order valence-electron chi connectivity index (χ1n) is 7.37. The summed E-state index contributed by atoms with van der Waals surface area (Å²) < 4.78 is 5.56. The zero-order valence-corrected chi connectivity index (χ0v) is 14.9. The first-order valence-corrected chi connectivity index (χ1v) is 9.17. The largest absolute Gasteiger partial charge is 0.411 e. The van der Waals surface area contributed by atoms with Crippen LogP contribution in [0.25, 0.3) is 11.5 Å². The first kappa shape index (κ1) is 17.3. The molecule has 0 fully saturated rings. The van der Waals surface area contributed by atoms with E-state index in [9.17, 15) is 4.79 Å². The quantitative estimate of drug-likeness (QED) is 0.592. The number of nitrogens with one attached hydrogen (secondary N) is 1. The lowest BCUT2D eigenvalue weighted by molar-refractivity contribution is -0.121. The van der Waals surface area contributed by atoms with Crippen molar-refractivity contribution in [3.8, 4) is 11.5 Å². The Morgan fingerprint density at radius 2 is 2.12 bits per heavy atom. The maximum Gasteiger partial charge on any atom is 0.276 e. The fraction of sp³-hybridized carbons (Fsp3) is 0.286. The summed E-state index contributed by atoms with van der Waals surface area (Å²) in [6.45, 7) is 1.84. The Morgan fingerprint density at radius 3 is 2.84 bits per heavy atom. The molecule has 11 heteroatoms. The molecular weight excluding hydrogens is 362 g/mol. The smallest absolute Gasteiger partial charge is 0.276 e. The molecule has 0 aliphatic carbocycles. The van der Waals surface area contributed by atoms with Crippen molar-refractivity contribution < 1.29 is 9.21 Å². The second-order valence-corrected chi connectivity index (χ2v) is 7.06. The number of amides is 1. The van der Waals surface area contributed by atoms with E-state index < -0.39 is 0 Å². The van der Waals surface area contributed by atoms with Gasteiger partial charge >= 0.3 is 0 Å². The molecule has 1 atom stereocenters. The van der Waals surface area contributed by atoms with Gasteiger partial charge in [0.1, 0.15) is 5.01 Å². The van der Waals surface area contributed by atoms with Gasteiger partial charge in [-0.25, -0.2) is 0 Å². The second kappa shape index (κ2) is 8.03. The Kier molecular flexibility index (Phi) is 5.56. The van der Waals surface area contributed by atoms with Crippen LogP contribution < -0.4 is 11.1 Å². The molecule has 3 rings (SSSR count). The normalized spacial score (nSPS) is 12.0. The molecule has 9 nitrogen and oxygen atoms in total. The highest BCUT2D eigenvalue weighted by Crippen LogP contribution is 2.23. The third-order valence-electron chi connectivity index (χ3n) is 3.09. The highest BCUT2D eigenvalue weighted by atomic mass is 32.2. The SMILES string of the molecule is C[C@H](NC(=O)CCSc1nnc(-c2ccncc2)o1)c1nnc(N)s1. The third-order valence-corrected chi connectivity index (χ3v) is 4.85. The Hall–Kier alpha value is -2.53. The minimum absolute atomic E-state index is 0.0948. The van der Waals surface area contributed by atoms with Gasteiger partial charge in [0.15, 0.2) is 0 Å². The van der Waals surface area contributed by atoms with Gasteiger partial charge in [0.25, 0.3) is 5.22 Å². The number of hydrogen-bond donors (Lipinski definition) is 2. The van der Waals surface area contributed by atoms with E-state index in [0.29, 0.717) is 33.4 Å². The first-order chi connectivity index (χ1) is 12.1. The predicted molar refractivity (Wildman–Crippen MR) is 93.7 cm³/mol. The van der Waals surface area contributed by atoms with Crippen molar-refractivity contribution in [2.45, 2.75) is 24.6 Å². The minimum Gasteiger partial charge on any atom is -0.411 e. The Bertz CT molecular complexity index is 837. The van der Waals surface area contributed by atoms with Crippen molar-refractivity contribution >= 4 is 34.1 Å². The number of nitrogen functional groups attached to an aromatic ring is 1. The molecule has 3 aromatic heterocycles. The van der Waals surface area contributed by atoms with Crippen molar-refractivity contribution in [1.29, 1.82) is 0 Å². The number of pyridine rings is 1. The van der Waals surface area contributed by atoms with Crippen LogP contribution in [-0.4, -0.2) is 37.0 Å². The fourth-order valence-electron chi connectivity index (χ4n) is 1.91. The number of anilines is 1. The third kappa shape index (κ3) is 4.73. The summed E-state index contributed by atoms with van der Waals surface area (Å²) >= 11 is 2.59. The van der Waals surface area contributed by atoms with Crippen molar-refractivity contribution in [1.82, 2.24) is 30.7 Å². The van der Waals surface area contributed by atoms with Crippen LogP contribution in [0.15, 0.2) is 34.2 Å². The van der Waals surface area contributed by atoms with Gasteiger partial charge in [0, 0.05) is 30.1 Å². The molecule has 25 heavy (non-hydrogen) atoms. The molecular formula is C14H15N7O2S2. The van der Waals surface area contributed by atoms with Crippen LogP contribution in [0.2, 0.25) is 0 Å². The summed E-state index contributed by atoms with van der Waals surface area (Å²) in [5, 5.41) is 19.9. The van der Waals surface area contributed by atoms with Crippen LogP contribution >= 0.6 is 23.1 Å². The zero-order valence-electron chi connectivity index (χ0n) is 13.2. The van der Waals surface area contributed by atoms with Gasteiger partial charge in [-0.1, -0.05) is 23.1 Å². The van der Waals surface area contributed by atoms with Gasteiger partial charge in [-0.15, -0.1) is 20.4 Å². The lowest BCUT2D eigenvalue weighted by atomic mass is 10.3. The number of thioether (sulfide) groups is 1. The van der Waals surface area contributed by atoms with Crippen LogP contribution in [0.4, 0.5) is 5.13 Å². The average Bonchev–Trinajstić information content (AvgIpc) is 3.25. The van der Waals surface area contributed by atoms with Gasteiger partial charge < -0.3 is 15.5 Å². The van der Waals surface area contributed by atoms with E-state index in [-0.39, 0.29) is 11.9 Å². The number of nitrogens with zero attached hydrogens (tertiary/aromatic N) is 5. The topological polar surface area (TPSA) is 133 Å². The summed E-state index contributed by atoms with van der Waals surface area (Å²) in [5.74, 6) is 0.855. The molecule has 0 saturated heterocycles. The van der Waals surface area contributed by atoms with Crippen LogP contribution in [0.5, 0.6) is 0 Å². The van der Waals surface area contributed by atoms with Gasteiger partial charge in [0.05, 0.1) is 6.04 Å². The highest BCUT2D eigenvalue weighted by Gasteiger charge is 2.14. The summed E-state index contributed by atoms with van der Waals surface area (Å²) in [6.07, 6.45) is 3.63. The monoisotopic (exact) mass is 377 g/mol. The fourth-order valence-corrected chi connectivity index (χ4v) is 3.22. The second-order valence-electron chi connectivity index (χ2n) is 4.98. The van der Waals surface area contributed by atoms with Gasteiger partial charge in [-0.3, -0.25) is 9.78 Å². The molecule has 3 N–H and O–H groups in total. The predicted octanol–water partition coefficient (Wildman–Crippen LogP) is 1.92. The summed E-state index contributed by atoms with van der Waals surface area (Å²) in [7, 11) is 0. The van der Waals surface area contributed by atoms with Crippen molar-refractivity contribution in [2.75, 3.05) is 11.5 Å². The van der Waals surface area contributed by atoms with Crippen molar-refractivity contribution in [3.05, 3.63) is 29.5 Å². The maximum absolute atomic E-state index is 12.0. The van der Waals surface area contributed by atoms with Crippen LogP contribution in [0.3, 0.4) is 0 Å². The van der Waals surface area contributed by atoms with Gasteiger partial charge in [-0.2, -0.15) is 0 Å². The van der Waals surface area contributed by atoms with Gasteiger partial charge in [0.2, 0.25) is 16.9 Å². The molecule has 0 radical (unpaired) electrons. The highest BCUT2D eigenvalue weighted by molar-refractivity contribution is 7.99. The van der Waals surface area contributed by atoms with Crippen LogP contribution in [0, 0.1) is 0 Å². The number of carbonyl (C=O) groups excluding carboxylic acids is 1. The number of hydrogen-bond acceptors (Lipinski definition) is 10. The molecule has 0 aromatic carbocycles. The molecule has 3 aromatic rings. The molecule has 3 heterocycles. The number of carbonyl (C=O) groups is 1. The van der Waals surface area contributed by atoms with E-state index in [0.717, 1.165) is 5.56 Å². The molecule has 0 bridgehead atoms. The van der Waals surface area contributed by atoms with E-state index in [2.05, 4.69) is 30.7 Å². The summed E-state index contributed by atoms with van der Waals surface area (Å²) in [4.78, 5) is 15.9. The average molecular weight is 377 g/mol. The molecule has 0 spiro atoms. The molecule has 1 amide bonds. The Balaban J connectivity index is 1.45. The van der Waals surface area contributed by atoms with E-state index >= 15 is 0 Å². The van der Waals surface area contributed by atoms with E-state index in [1.807, 2.05) is 6.92 Å². The van der Waals surface area contributed by atoms with E-state index in [1.165, 1.54) is 23.1 Å². The lowest BCUT2D eigenvalue weighted by Gasteiger charge is -2.09. The van der Waals surface area contributed by atoms with Gasteiger partial charge in [-0.05, 0) is 19.1 Å². The van der Waals surface area contributed by atoms with Crippen molar-refractivity contribution in [2.24, 2.45) is 0 Å². The lowest BCUT2D eigenvalue weighted by Crippen LogP contribution is -2.26. The Morgan fingerprint density at radius 1 is 1.32 bits per heavy atom. The molecule has 130 valence electrons. The van der Waals surface area contributed by atoms with E-state index in [1.54, 1.807) is 24.5 Å². The molecule has 0 aliphatic rings. The maximum atomic E-state index is 12.0. The summed E-state index contributed by atoms with van der Waals surface area (Å²) in [5.41, 5.74) is 6.34. The standard InChI is InChI=1S/C14H15N7O2S2/c1-8(12-19-20-13(15)25-12)17-10(22)4-7-24-14-21-18-11(23-14)9-2-5-16-6-3-9/h2-3,5-6,8H,4,7H2,1H3,(H2,15,20)(H,17,22)/t8-/m0/s1. The number of nitrogens with two attached hydrogens (primary N) is 1. The zero-order chi connectivity index (χ0) is 17.6. The number of rotatable bonds is 7. The Labute approximate surface area is 151 Å². The minimum atomic E-state index is -0.228. The number of aromatic nitrogens is 5.